The Kier molecular flexibility index (Phi) is 54.6. The molecule has 70 heavy (non-hydrogen) atoms. The summed E-state index contributed by atoms with van der Waals surface area (Å²) in [5.74, 6) is -0.637. The van der Waals surface area contributed by atoms with Gasteiger partial charge in [-0.05, 0) is 128 Å². The number of hydrogen-bond donors (Lipinski definition) is 1. The lowest BCUT2D eigenvalue weighted by Crippen LogP contribution is -2.28. The minimum atomic E-state index is -0.798. The smallest absolute Gasteiger partial charge is 0.306 e. The van der Waals surface area contributed by atoms with Crippen LogP contribution in [0.3, 0.4) is 0 Å². The van der Waals surface area contributed by atoms with Gasteiger partial charge in [0.25, 0.3) is 0 Å². The van der Waals surface area contributed by atoms with Crippen molar-refractivity contribution in [3.8, 4) is 0 Å². The highest BCUT2D eigenvalue weighted by atomic mass is 16.6. The zero-order valence-electron chi connectivity index (χ0n) is 44.5. The summed E-state index contributed by atoms with van der Waals surface area (Å²) in [4.78, 5) is 24.4. The summed E-state index contributed by atoms with van der Waals surface area (Å²) in [5.41, 5.74) is 0. The Morgan fingerprint density at radius 3 is 0.857 bits per heavy atom. The zero-order chi connectivity index (χ0) is 50.6. The van der Waals surface area contributed by atoms with Gasteiger partial charge in [0.1, 0.15) is 6.61 Å². The van der Waals surface area contributed by atoms with Crippen LogP contribution in [0, 0.1) is 0 Å². The van der Waals surface area contributed by atoms with Gasteiger partial charge < -0.3 is 14.6 Å². The van der Waals surface area contributed by atoms with Gasteiger partial charge in [-0.3, -0.25) is 9.59 Å². The molecule has 0 aliphatic rings. The minimum absolute atomic E-state index is 0.0899. The van der Waals surface area contributed by atoms with Crippen molar-refractivity contribution in [2.24, 2.45) is 0 Å². The Morgan fingerprint density at radius 2 is 0.571 bits per heavy atom. The lowest BCUT2D eigenvalue weighted by atomic mass is 10.1. The molecule has 0 radical (unpaired) electrons. The van der Waals surface area contributed by atoms with Crippen LogP contribution in [-0.2, 0) is 19.1 Å². The molecule has 5 heteroatoms. The van der Waals surface area contributed by atoms with Crippen molar-refractivity contribution >= 4 is 11.9 Å². The number of aliphatic hydroxyl groups is 1. The maximum absolute atomic E-state index is 12.3. The molecular formula is C65H100O5. The molecule has 0 amide bonds. The van der Waals surface area contributed by atoms with Gasteiger partial charge >= 0.3 is 11.9 Å². The number of hydrogen-bond acceptors (Lipinski definition) is 5. The second-order valence-corrected chi connectivity index (χ2v) is 17.5. The summed E-state index contributed by atoms with van der Waals surface area (Å²) >= 11 is 0. The SMILES string of the molecule is CC/C=C\C/C=C\C/C=C\C/C=C\C/C=C\C/C=C\C/C=C\C/C=C\C/C=C\C/C=C\C/C=C\CCCCCCCCCC(=O)OC(CO)COC(=O)CCCCCCC/C=C\C/C=C\C/C=C\CC. The summed E-state index contributed by atoms with van der Waals surface area (Å²) in [7, 11) is 0. The molecule has 0 saturated carbocycles. The molecule has 5 nitrogen and oxygen atoms in total. The molecule has 0 aromatic rings. The predicted octanol–water partition coefficient (Wildman–Crippen LogP) is 19.0. The maximum atomic E-state index is 12.3. The second-order valence-electron chi connectivity index (χ2n) is 17.5. The van der Waals surface area contributed by atoms with Gasteiger partial charge in [-0.2, -0.15) is 0 Å². The first kappa shape index (κ1) is 65.3. The third-order valence-corrected chi connectivity index (χ3v) is 11.0. The van der Waals surface area contributed by atoms with Crippen LogP contribution >= 0.6 is 0 Å². The Labute approximate surface area is 430 Å². The summed E-state index contributed by atoms with van der Waals surface area (Å²) in [6, 6.07) is 0. The summed E-state index contributed by atoms with van der Waals surface area (Å²) in [6.07, 6.45) is 91.7. The minimum Gasteiger partial charge on any atom is -0.462 e. The van der Waals surface area contributed by atoms with Gasteiger partial charge in [0.2, 0.25) is 0 Å². The number of aliphatic hydroxyl groups excluding tert-OH is 1. The van der Waals surface area contributed by atoms with Crippen LogP contribution in [0.25, 0.3) is 0 Å². The van der Waals surface area contributed by atoms with E-state index in [1.165, 1.54) is 25.7 Å². The normalized spacial score (nSPS) is 13.6. The molecule has 1 N–H and O–H groups in total. The molecule has 1 atom stereocenters. The van der Waals surface area contributed by atoms with E-state index in [2.05, 4.69) is 184 Å². The van der Waals surface area contributed by atoms with Gasteiger partial charge in [-0.1, -0.05) is 235 Å². The fourth-order valence-corrected chi connectivity index (χ4v) is 6.93. The van der Waals surface area contributed by atoms with E-state index in [1.807, 2.05) is 0 Å². The van der Waals surface area contributed by atoms with Gasteiger partial charge in [0, 0.05) is 12.8 Å². The average Bonchev–Trinajstić information content (AvgIpc) is 3.36. The Balaban J connectivity index is 3.65. The van der Waals surface area contributed by atoms with E-state index in [4.69, 9.17) is 9.47 Å². The highest BCUT2D eigenvalue weighted by molar-refractivity contribution is 5.70. The topological polar surface area (TPSA) is 72.8 Å². The van der Waals surface area contributed by atoms with Crippen LogP contribution in [0.2, 0.25) is 0 Å². The Morgan fingerprint density at radius 1 is 0.329 bits per heavy atom. The molecule has 0 spiro atoms. The van der Waals surface area contributed by atoms with Gasteiger partial charge in [-0.15, -0.1) is 0 Å². The van der Waals surface area contributed by atoms with E-state index in [0.717, 1.165) is 154 Å². The number of unbranched alkanes of at least 4 members (excludes halogenated alkanes) is 12. The van der Waals surface area contributed by atoms with Crippen molar-refractivity contribution in [3.63, 3.8) is 0 Å². The van der Waals surface area contributed by atoms with E-state index in [1.54, 1.807) is 0 Å². The summed E-state index contributed by atoms with van der Waals surface area (Å²) in [5, 5.41) is 9.62. The fraction of sp³-hybridized carbons (Fsp3) is 0.538. The molecule has 0 saturated heterocycles. The molecular weight excluding hydrogens is 861 g/mol. The van der Waals surface area contributed by atoms with Crippen LogP contribution in [-0.4, -0.2) is 36.4 Å². The van der Waals surface area contributed by atoms with E-state index in [9.17, 15) is 14.7 Å². The highest BCUT2D eigenvalue weighted by Gasteiger charge is 2.16. The molecule has 1 unspecified atom stereocenters. The monoisotopic (exact) mass is 961 g/mol. The lowest BCUT2D eigenvalue weighted by Gasteiger charge is -2.15. The first-order valence-electron chi connectivity index (χ1n) is 27.7. The van der Waals surface area contributed by atoms with Crippen LogP contribution in [0.1, 0.15) is 206 Å². The van der Waals surface area contributed by atoms with Crippen molar-refractivity contribution in [1.82, 2.24) is 0 Å². The molecule has 0 aromatic heterocycles. The molecule has 0 bridgehead atoms. The summed E-state index contributed by atoms with van der Waals surface area (Å²) in [6.45, 7) is 3.87. The Bertz CT molecular complexity index is 1600. The fourth-order valence-electron chi connectivity index (χ4n) is 6.93. The van der Waals surface area contributed by atoms with Crippen LogP contribution in [0.5, 0.6) is 0 Å². The number of allylic oxidation sites excluding steroid dienone is 28. The predicted molar refractivity (Wildman–Crippen MR) is 306 cm³/mol. The number of ether oxygens (including phenoxy) is 2. The summed E-state index contributed by atoms with van der Waals surface area (Å²) < 4.78 is 10.6. The number of carbonyl (C=O) groups excluding carboxylic acids is 2. The molecule has 0 aliphatic carbocycles. The Hall–Kier alpha value is -4.74. The molecule has 0 aromatic carbocycles. The highest BCUT2D eigenvalue weighted by Crippen LogP contribution is 2.12. The zero-order valence-corrected chi connectivity index (χ0v) is 44.5. The quantitative estimate of drug-likeness (QED) is 0.0374. The van der Waals surface area contributed by atoms with Gasteiger partial charge in [0.05, 0.1) is 6.61 Å². The van der Waals surface area contributed by atoms with Gasteiger partial charge in [0.15, 0.2) is 6.10 Å². The van der Waals surface area contributed by atoms with Crippen molar-refractivity contribution < 1.29 is 24.2 Å². The van der Waals surface area contributed by atoms with Crippen LogP contribution < -0.4 is 0 Å². The van der Waals surface area contributed by atoms with E-state index < -0.39 is 6.10 Å². The van der Waals surface area contributed by atoms with Crippen LogP contribution in [0.15, 0.2) is 170 Å². The van der Waals surface area contributed by atoms with E-state index in [0.29, 0.717) is 12.8 Å². The van der Waals surface area contributed by atoms with Crippen molar-refractivity contribution in [1.29, 1.82) is 0 Å². The van der Waals surface area contributed by atoms with Crippen molar-refractivity contribution in [2.45, 2.75) is 213 Å². The van der Waals surface area contributed by atoms with Crippen molar-refractivity contribution in [2.75, 3.05) is 13.2 Å². The van der Waals surface area contributed by atoms with E-state index >= 15 is 0 Å². The molecule has 0 heterocycles. The largest absolute Gasteiger partial charge is 0.462 e. The second kappa shape index (κ2) is 58.6. The van der Waals surface area contributed by atoms with Crippen molar-refractivity contribution in [3.05, 3.63) is 170 Å². The first-order chi connectivity index (χ1) is 34.6. The number of rotatable bonds is 48. The third-order valence-electron chi connectivity index (χ3n) is 11.0. The number of esters is 2. The maximum Gasteiger partial charge on any atom is 0.306 e. The molecule has 390 valence electrons. The van der Waals surface area contributed by atoms with E-state index in [-0.39, 0.29) is 25.2 Å². The molecule has 0 rings (SSSR count). The average molecular weight is 962 g/mol. The molecule has 0 fully saturated rings. The first-order valence-corrected chi connectivity index (χ1v) is 27.7. The third kappa shape index (κ3) is 55.9. The van der Waals surface area contributed by atoms with Gasteiger partial charge in [-0.25, -0.2) is 0 Å². The number of carbonyl (C=O) groups is 2. The lowest BCUT2D eigenvalue weighted by molar-refractivity contribution is -0.161. The van der Waals surface area contributed by atoms with Crippen LogP contribution in [0.4, 0.5) is 0 Å². The standard InChI is InChI=1S/C65H100O5/c1-3-5-7-9-11-13-15-17-19-20-21-22-23-24-25-26-27-28-29-30-31-32-33-34-35-36-37-38-39-40-41-42-43-44-46-48-50-52-54-56-58-60-65(68)70-63(61-66)62-69-64(67)59-57-55-53-51-49-47-45-18-16-14-12-10-8-6-4-2/h5-8,11-14,17-19,21-22,24-25,27-28,30-31,33-34,36-37,39-40,42-43,45,63,66H,3-4,9-10,15-16,20,23,26,29,32,35,38,41,44,46-62H2,1-2H3/b7-5-,8-6-,13-11-,14-12-,19-17-,22-21-,25-24-,28-27-,31-30-,34-33-,37-36-,40-39-,43-42-,45-18-. The molecule has 0 aliphatic heterocycles.